The SMILES string of the molecule is COc1ccc2cc1OCCNC(=O)C1CN(CCC1O)Cc1cc(ccc1Cl)Cc1cc(ncn1)N2. The number of aliphatic hydroxyl groups is 1. The predicted octanol–water partition coefficient (Wildman–Crippen LogP) is 3.16. The summed E-state index contributed by atoms with van der Waals surface area (Å²) >= 11 is 6.54. The number of aliphatic hydroxyl groups excluding tert-OH is 1. The average molecular weight is 524 g/mol. The van der Waals surface area contributed by atoms with E-state index in [0.717, 1.165) is 22.5 Å². The van der Waals surface area contributed by atoms with Crippen molar-refractivity contribution in [2.24, 2.45) is 5.92 Å². The van der Waals surface area contributed by atoms with Gasteiger partial charge in [0.2, 0.25) is 5.91 Å². The van der Waals surface area contributed by atoms with Crippen LogP contribution in [0, 0.1) is 5.92 Å². The number of methoxy groups -OCH3 is 1. The van der Waals surface area contributed by atoms with Crippen molar-refractivity contribution in [1.29, 1.82) is 0 Å². The summed E-state index contributed by atoms with van der Waals surface area (Å²) in [6.45, 7) is 2.28. The van der Waals surface area contributed by atoms with Crippen LogP contribution in [0.5, 0.6) is 11.5 Å². The fourth-order valence-electron chi connectivity index (χ4n) is 4.76. The molecule has 9 nitrogen and oxygen atoms in total. The largest absolute Gasteiger partial charge is 0.493 e. The van der Waals surface area contributed by atoms with Crippen LogP contribution in [0.25, 0.3) is 0 Å². The number of rotatable bonds is 1. The maximum Gasteiger partial charge on any atom is 0.227 e. The van der Waals surface area contributed by atoms with Crippen molar-refractivity contribution >= 4 is 29.0 Å². The maximum atomic E-state index is 12.9. The van der Waals surface area contributed by atoms with Crippen LogP contribution in [0.2, 0.25) is 5.02 Å². The Kier molecular flexibility index (Phi) is 7.73. The molecule has 10 heteroatoms. The molecule has 1 aromatic heterocycles. The van der Waals surface area contributed by atoms with Crippen LogP contribution in [-0.2, 0) is 17.8 Å². The molecule has 8 bridgehead atoms. The maximum absolute atomic E-state index is 12.9. The van der Waals surface area contributed by atoms with Crippen LogP contribution in [0.4, 0.5) is 11.5 Å². The molecule has 2 aromatic carbocycles. The summed E-state index contributed by atoms with van der Waals surface area (Å²) in [5.74, 6) is 1.08. The molecule has 2 aliphatic heterocycles. The molecular formula is C27H30ClN5O4. The lowest BCUT2D eigenvalue weighted by Gasteiger charge is -2.35. The van der Waals surface area contributed by atoms with E-state index >= 15 is 0 Å². The first-order chi connectivity index (χ1) is 18.0. The van der Waals surface area contributed by atoms with Crippen LogP contribution in [0.3, 0.4) is 0 Å². The number of anilines is 2. The zero-order valence-electron chi connectivity index (χ0n) is 20.6. The molecule has 3 N–H and O–H groups in total. The number of carbonyl (C=O) groups is 1. The molecule has 1 fully saturated rings. The second kappa shape index (κ2) is 11.3. The summed E-state index contributed by atoms with van der Waals surface area (Å²) in [4.78, 5) is 23.9. The number of hydrogen-bond donors (Lipinski definition) is 3. The fourth-order valence-corrected chi connectivity index (χ4v) is 4.94. The number of hydrogen-bond acceptors (Lipinski definition) is 8. The number of nitrogens with zero attached hydrogens (tertiary/aromatic N) is 3. The predicted molar refractivity (Wildman–Crippen MR) is 140 cm³/mol. The van der Waals surface area contributed by atoms with Crippen molar-refractivity contribution in [3.8, 4) is 11.5 Å². The van der Waals surface area contributed by atoms with E-state index in [2.05, 4.69) is 31.6 Å². The number of aromatic nitrogens is 2. The minimum absolute atomic E-state index is 0.187. The first kappa shape index (κ1) is 25.3. The minimum Gasteiger partial charge on any atom is -0.493 e. The third kappa shape index (κ3) is 6.12. The summed E-state index contributed by atoms with van der Waals surface area (Å²) in [6, 6.07) is 13.4. The molecule has 0 radical (unpaired) electrons. The zero-order chi connectivity index (χ0) is 25.8. The van der Waals surface area contributed by atoms with E-state index in [1.807, 2.05) is 36.4 Å². The van der Waals surface area contributed by atoms with Gasteiger partial charge in [0.1, 0.15) is 18.8 Å². The van der Waals surface area contributed by atoms with Gasteiger partial charge in [0, 0.05) is 48.9 Å². The van der Waals surface area contributed by atoms with E-state index in [4.69, 9.17) is 21.1 Å². The highest BCUT2D eigenvalue weighted by Gasteiger charge is 2.33. The van der Waals surface area contributed by atoms with Gasteiger partial charge >= 0.3 is 0 Å². The highest BCUT2D eigenvalue weighted by molar-refractivity contribution is 6.31. The molecular weight excluding hydrogens is 494 g/mol. The van der Waals surface area contributed by atoms with Gasteiger partial charge in [-0.15, -0.1) is 0 Å². The van der Waals surface area contributed by atoms with Gasteiger partial charge < -0.3 is 25.2 Å². The molecule has 1 amide bonds. The van der Waals surface area contributed by atoms with Crippen molar-refractivity contribution in [2.75, 3.05) is 38.7 Å². The number of nitrogens with one attached hydrogen (secondary N) is 2. The van der Waals surface area contributed by atoms with E-state index in [-0.39, 0.29) is 12.5 Å². The lowest BCUT2D eigenvalue weighted by atomic mass is 9.93. The molecule has 3 heterocycles. The molecule has 3 atom stereocenters. The summed E-state index contributed by atoms with van der Waals surface area (Å²) < 4.78 is 11.4. The molecule has 0 saturated carbocycles. The van der Waals surface area contributed by atoms with Crippen LogP contribution >= 0.6 is 11.6 Å². The second-order valence-corrected chi connectivity index (χ2v) is 9.73. The van der Waals surface area contributed by atoms with Gasteiger partial charge in [0.15, 0.2) is 11.5 Å². The first-order valence-corrected chi connectivity index (χ1v) is 12.7. The van der Waals surface area contributed by atoms with Gasteiger partial charge in [0.25, 0.3) is 0 Å². The molecule has 0 aliphatic carbocycles. The molecule has 3 aromatic rings. The Morgan fingerprint density at radius 1 is 1.19 bits per heavy atom. The Hall–Kier alpha value is -3.40. The Bertz CT molecular complexity index is 1270. The van der Waals surface area contributed by atoms with Crippen molar-refractivity contribution in [3.05, 3.63) is 70.6 Å². The van der Waals surface area contributed by atoms with Crippen LogP contribution in [0.1, 0.15) is 23.2 Å². The van der Waals surface area contributed by atoms with Gasteiger partial charge in [-0.25, -0.2) is 9.97 Å². The summed E-state index contributed by atoms with van der Waals surface area (Å²) in [5.41, 5.74) is 3.70. The topological polar surface area (TPSA) is 109 Å². The van der Waals surface area contributed by atoms with Crippen molar-refractivity contribution in [1.82, 2.24) is 20.2 Å². The number of fused-ring (bicyclic) bond motifs is 8. The molecule has 1 saturated heterocycles. The first-order valence-electron chi connectivity index (χ1n) is 12.3. The number of piperidine rings is 1. The summed E-state index contributed by atoms with van der Waals surface area (Å²) in [7, 11) is 1.58. The molecule has 2 aliphatic rings. The zero-order valence-corrected chi connectivity index (χ0v) is 21.4. The number of halogens is 1. The molecule has 0 spiro atoms. The van der Waals surface area contributed by atoms with E-state index in [1.165, 1.54) is 0 Å². The third-order valence-corrected chi connectivity index (χ3v) is 7.07. The molecule has 37 heavy (non-hydrogen) atoms. The lowest BCUT2D eigenvalue weighted by Crippen LogP contribution is -2.50. The van der Waals surface area contributed by atoms with Crippen molar-refractivity contribution < 1.29 is 19.4 Å². The smallest absolute Gasteiger partial charge is 0.227 e. The lowest BCUT2D eigenvalue weighted by molar-refractivity contribution is -0.131. The van der Waals surface area contributed by atoms with Crippen LogP contribution in [0.15, 0.2) is 48.8 Å². The van der Waals surface area contributed by atoms with Crippen LogP contribution < -0.4 is 20.1 Å². The van der Waals surface area contributed by atoms with Gasteiger partial charge in [-0.2, -0.15) is 0 Å². The Labute approximate surface area is 220 Å². The standard InChI is InChI=1S/C27H30ClN5O4/c1-36-24-5-3-19-12-25(24)37-9-7-29-27(35)21-15-33(8-6-23(21)34)14-18-10-17(2-4-22(18)28)11-20-13-26(32-19)31-16-30-20/h2-5,10,12-13,16,21,23,34H,6-9,11,14-15H2,1H3,(H,29,35)(H,30,31,32). The Morgan fingerprint density at radius 3 is 2.95 bits per heavy atom. The number of ether oxygens (including phenoxy) is 2. The summed E-state index contributed by atoms with van der Waals surface area (Å²) in [6.07, 6.45) is 1.99. The van der Waals surface area contributed by atoms with E-state index < -0.39 is 12.0 Å². The highest BCUT2D eigenvalue weighted by Crippen LogP contribution is 2.31. The van der Waals surface area contributed by atoms with Gasteiger partial charge in [-0.1, -0.05) is 23.7 Å². The van der Waals surface area contributed by atoms with Gasteiger partial charge in [-0.05, 0) is 35.7 Å². The summed E-state index contributed by atoms with van der Waals surface area (Å²) in [5, 5.41) is 17.4. The monoisotopic (exact) mass is 523 g/mol. The van der Waals surface area contributed by atoms with E-state index in [0.29, 0.717) is 61.4 Å². The average Bonchev–Trinajstić information content (AvgIpc) is 2.89. The minimum atomic E-state index is -0.688. The number of carbonyl (C=O) groups excluding carboxylic acids is 1. The van der Waals surface area contributed by atoms with Gasteiger partial charge in [0.05, 0.1) is 31.4 Å². The second-order valence-electron chi connectivity index (χ2n) is 9.32. The number of amides is 1. The van der Waals surface area contributed by atoms with Gasteiger partial charge in [-0.3, -0.25) is 9.69 Å². The molecule has 5 rings (SSSR count). The number of benzene rings is 2. The molecule has 194 valence electrons. The van der Waals surface area contributed by atoms with E-state index in [9.17, 15) is 9.90 Å². The Balaban J connectivity index is 1.46. The quantitative estimate of drug-likeness (QED) is 0.446. The van der Waals surface area contributed by atoms with Crippen molar-refractivity contribution in [3.63, 3.8) is 0 Å². The molecule has 3 unspecified atom stereocenters. The highest BCUT2D eigenvalue weighted by atomic mass is 35.5. The van der Waals surface area contributed by atoms with E-state index in [1.54, 1.807) is 13.4 Å². The van der Waals surface area contributed by atoms with Crippen LogP contribution in [-0.4, -0.2) is 65.3 Å². The van der Waals surface area contributed by atoms with Crippen molar-refractivity contribution in [2.45, 2.75) is 25.5 Å². The Morgan fingerprint density at radius 2 is 2.08 bits per heavy atom. The fraction of sp³-hybridized carbons (Fsp3) is 0.370. The third-order valence-electron chi connectivity index (χ3n) is 6.71. The normalized spacial score (nSPS) is 22.1.